The van der Waals surface area contributed by atoms with Crippen molar-refractivity contribution in [1.82, 2.24) is 4.72 Å². The van der Waals surface area contributed by atoms with Crippen molar-refractivity contribution in [2.24, 2.45) is 0 Å². The van der Waals surface area contributed by atoms with Gasteiger partial charge in [0.25, 0.3) is 0 Å². The second-order valence-electron chi connectivity index (χ2n) is 7.35. The Morgan fingerprint density at radius 2 is 1.52 bits per heavy atom. The molecule has 10 heteroatoms. The third-order valence-electron chi connectivity index (χ3n) is 5.25. The Hall–Kier alpha value is -0.970. The van der Waals surface area contributed by atoms with Crippen LogP contribution < -0.4 is 4.72 Å². The monoisotopic (exact) mass is 435 g/mol. The summed E-state index contributed by atoms with van der Waals surface area (Å²) in [5, 5.41) is -1.02. The fraction of sp³-hybridized carbons (Fsp3) is 0.647. The maximum Gasteiger partial charge on any atom is 0.240 e. The van der Waals surface area contributed by atoms with Gasteiger partial charge in [0, 0.05) is 6.04 Å². The number of hydrogen-bond acceptors (Lipinski definition) is 6. The van der Waals surface area contributed by atoms with E-state index in [-0.39, 0.29) is 28.0 Å². The lowest BCUT2D eigenvalue weighted by molar-refractivity contribution is 0.510. The van der Waals surface area contributed by atoms with Gasteiger partial charge in [0.1, 0.15) is 0 Å². The lowest BCUT2D eigenvalue weighted by atomic mass is 10.1. The van der Waals surface area contributed by atoms with Gasteiger partial charge in [-0.25, -0.2) is 30.0 Å². The summed E-state index contributed by atoms with van der Waals surface area (Å²) in [6.45, 7) is 0. The molecule has 1 N–H and O–H groups in total. The van der Waals surface area contributed by atoms with Crippen LogP contribution in [0.2, 0.25) is 0 Å². The van der Waals surface area contributed by atoms with Crippen LogP contribution in [0, 0.1) is 0 Å². The smallest absolute Gasteiger partial charge is 0.229 e. The van der Waals surface area contributed by atoms with Crippen molar-refractivity contribution in [2.45, 2.75) is 66.0 Å². The van der Waals surface area contributed by atoms with Gasteiger partial charge in [0.2, 0.25) is 10.0 Å². The van der Waals surface area contributed by atoms with Crippen LogP contribution in [0.25, 0.3) is 0 Å². The molecule has 1 saturated carbocycles. The summed E-state index contributed by atoms with van der Waals surface area (Å²) < 4.78 is 76.9. The van der Waals surface area contributed by atoms with Crippen molar-refractivity contribution in [3.05, 3.63) is 24.3 Å². The number of hydrogen-bond donors (Lipinski definition) is 1. The summed E-state index contributed by atoms with van der Waals surface area (Å²) in [5.74, 6) is -0.565. The van der Waals surface area contributed by atoms with Crippen LogP contribution in [0.3, 0.4) is 0 Å². The van der Waals surface area contributed by atoms with Gasteiger partial charge in [0.15, 0.2) is 19.7 Å². The minimum Gasteiger partial charge on any atom is -0.229 e. The topological polar surface area (TPSA) is 114 Å². The van der Waals surface area contributed by atoms with E-state index in [2.05, 4.69) is 4.72 Å². The molecule has 1 aromatic rings. The van der Waals surface area contributed by atoms with Gasteiger partial charge in [-0.3, -0.25) is 0 Å². The molecule has 0 radical (unpaired) electrons. The van der Waals surface area contributed by atoms with Crippen molar-refractivity contribution < 1.29 is 25.3 Å². The van der Waals surface area contributed by atoms with Crippen LogP contribution in [0.15, 0.2) is 34.1 Å². The average molecular weight is 436 g/mol. The van der Waals surface area contributed by atoms with E-state index in [4.69, 9.17) is 0 Å². The molecule has 0 spiro atoms. The molecule has 1 atom stereocenters. The van der Waals surface area contributed by atoms with E-state index < -0.39 is 40.7 Å². The molecule has 0 amide bonds. The second-order valence-corrected chi connectivity index (χ2v) is 13.5. The number of benzene rings is 1. The molecule has 0 unspecified atom stereocenters. The van der Waals surface area contributed by atoms with E-state index >= 15 is 0 Å². The molecule has 152 valence electrons. The molecular formula is C17H25NO6S3. The second kappa shape index (κ2) is 7.81. The van der Waals surface area contributed by atoms with Gasteiger partial charge in [0.05, 0.1) is 26.5 Å². The van der Waals surface area contributed by atoms with Gasteiger partial charge >= 0.3 is 0 Å². The zero-order valence-corrected chi connectivity index (χ0v) is 17.5. The zero-order chi connectivity index (χ0) is 19.7. The molecule has 3 rings (SSSR count). The predicted octanol–water partition coefficient (Wildman–Crippen LogP) is 1.65. The molecule has 1 heterocycles. The van der Waals surface area contributed by atoms with E-state index in [1.54, 1.807) is 0 Å². The molecular weight excluding hydrogens is 410 g/mol. The third kappa shape index (κ3) is 4.90. The Morgan fingerprint density at radius 1 is 0.889 bits per heavy atom. The minimum atomic E-state index is -3.90. The lowest BCUT2D eigenvalue weighted by Gasteiger charge is -2.17. The maximum atomic E-state index is 12.8. The molecule has 7 nitrogen and oxygen atoms in total. The summed E-state index contributed by atoms with van der Waals surface area (Å²) in [5.41, 5.74) is 0. The molecule has 1 aliphatic carbocycles. The molecule has 1 saturated heterocycles. The highest BCUT2D eigenvalue weighted by atomic mass is 32.2. The summed E-state index contributed by atoms with van der Waals surface area (Å²) in [4.78, 5) is -0.248. The first-order valence-electron chi connectivity index (χ1n) is 9.17. The van der Waals surface area contributed by atoms with Gasteiger partial charge in [-0.2, -0.15) is 0 Å². The van der Waals surface area contributed by atoms with Crippen molar-refractivity contribution in [3.63, 3.8) is 0 Å². The van der Waals surface area contributed by atoms with Crippen LogP contribution >= 0.6 is 0 Å². The first kappa shape index (κ1) is 20.8. The van der Waals surface area contributed by atoms with Crippen molar-refractivity contribution in [3.8, 4) is 0 Å². The molecule has 1 aliphatic heterocycles. The lowest BCUT2D eigenvalue weighted by Crippen LogP contribution is -2.34. The fourth-order valence-electron chi connectivity index (χ4n) is 3.70. The number of rotatable bonds is 5. The number of sulfonamides is 1. The normalized spacial score (nSPS) is 24.5. The van der Waals surface area contributed by atoms with Gasteiger partial charge in [-0.05, 0) is 37.5 Å². The number of sulfone groups is 2. The quantitative estimate of drug-likeness (QED) is 0.703. The van der Waals surface area contributed by atoms with E-state index in [9.17, 15) is 25.3 Å². The molecule has 2 aliphatic rings. The predicted molar refractivity (Wildman–Crippen MR) is 102 cm³/mol. The Bertz CT molecular complexity index is 991. The molecule has 2 fully saturated rings. The largest absolute Gasteiger partial charge is 0.240 e. The zero-order valence-electron chi connectivity index (χ0n) is 15.0. The van der Waals surface area contributed by atoms with Crippen molar-refractivity contribution in [2.75, 3.05) is 11.5 Å². The van der Waals surface area contributed by atoms with E-state index in [0.29, 0.717) is 0 Å². The first-order chi connectivity index (χ1) is 12.6. The van der Waals surface area contributed by atoms with E-state index in [0.717, 1.165) is 44.6 Å². The number of nitrogens with one attached hydrogen (secondary N) is 1. The standard InChI is InChI=1S/C17H25NO6S3/c19-25(20)11-10-17(13-25)26(21,22)15-8-5-9-16(12-15)27(23,24)18-14-6-3-1-2-4-7-14/h5,8-9,12,14,17-18H,1-4,6-7,10-11,13H2/t17-/m1/s1. The van der Waals surface area contributed by atoms with E-state index in [1.807, 2.05) is 0 Å². The summed E-state index contributed by atoms with van der Waals surface area (Å²) in [6, 6.07) is 5.07. The Morgan fingerprint density at radius 3 is 2.11 bits per heavy atom. The Balaban J connectivity index is 1.84. The van der Waals surface area contributed by atoms with Crippen LogP contribution in [-0.2, 0) is 29.7 Å². The maximum absolute atomic E-state index is 12.8. The summed E-state index contributed by atoms with van der Waals surface area (Å²) in [7, 11) is -11.1. The highest BCUT2D eigenvalue weighted by Gasteiger charge is 2.38. The minimum absolute atomic E-state index is 0.0436. The molecule has 27 heavy (non-hydrogen) atoms. The van der Waals surface area contributed by atoms with Crippen LogP contribution in [0.1, 0.15) is 44.9 Å². The summed E-state index contributed by atoms with van der Waals surface area (Å²) >= 11 is 0. The SMILES string of the molecule is O=S1(=O)CC[C@@H](S(=O)(=O)c2cccc(S(=O)(=O)NC3CCCCCC3)c2)C1. The molecule has 0 aromatic heterocycles. The van der Waals surface area contributed by atoms with E-state index in [1.165, 1.54) is 18.2 Å². The first-order valence-corrected chi connectivity index (χ1v) is 14.0. The average Bonchev–Trinajstić information content (AvgIpc) is 2.80. The molecule has 0 bridgehead atoms. The third-order valence-corrected chi connectivity index (χ3v) is 10.9. The van der Waals surface area contributed by atoms with Gasteiger partial charge in [-0.1, -0.05) is 31.7 Å². The fourth-order valence-corrected chi connectivity index (χ4v) is 9.53. The van der Waals surface area contributed by atoms with Crippen LogP contribution in [0.5, 0.6) is 0 Å². The summed E-state index contributed by atoms with van der Waals surface area (Å²) in [6.07, 6.45) is 5.72. The highest BCUT2D eigenvalue weighted by Crippen LogP contribution is 2.27. The Kier molecular flexibility index (Phi) is 6.00. The highest BCUT2D eigenvalue weighted by molar-refractivity contribution is 7.96. The molecule has 1 aromatic carbocycles. The van der Waals surface area contributed by atoms with Crippen molar-refractivity contribution >= 4 is 29.7 Å². The van der Waals surface area contributed by atoms with Crippen LogP contribution in [-0.4, -0.2) is 48.1 Å². The Labute approximate surface area is 161 Å². The van der Waals surface area contributed by atoms with Gasteiger partial charge in [-0.15, -0.1) is 0 Å². The van der Waals surface area contributed by atoms with Gasteiger partial charge < -0.3 is 0 Å². The van der Waals surface area contributed by atoms with Crippen molar-refractivity contribution in [1.29, 1.82) is 0 Å². The van der Waals surface area contributed by atoms with Crippen LogP contribution in [0.4, 0.5) is 0 Å².